The number of aryl methyl sites for hydroxylation is 1. The van der Waals surface area contributed by atoms with Crippen LogP contribution in [0.25, 0.3) is 0 Å². The number of hydrogen-bond acceptors (Lipinski definition) is 3. The van der Waals surface area contributed by atoms with Gasteiger partial charge in [0.2, 0.25) is 10.0 Å². The molecule has 0 radical (unpaired) electrons. The quantitative estimate of drug-likeness (QED) is 0.776. The van der Waals surface area contributed by atoms with Crippen LogP contribution in [0.4, 0.5) is 4.39 Å². The normalized spacial score (nSPS) is 13.6. The van der Waals surface area contributed by atoms with Crippen molar-refractivity contribution in [3.8, 4) is 0 Å². The van der Waals surface area contributed by atoms with E-state index in [9.17, 15) is 12.8 Å². The van der Waals surface area contributed by atoms with Gasteiger partial charge in [-0.1, -0.05) is 15.9 Å². The maximum atomic E-state index is 13.9. The largest absolute Gasteiger partial charge is 0.246 e. The summed E-state index contributed by atoms with van der Waals surface area (Å²) in [5.41, 5.74) is 0. The van der Waals surface area contributed by atoms with Crippen molar-refractivity contribution in [2.24, 2.45) is 0 Å². The minimum absolute atomic E-state index is 0.312. The molecule has 21 heavy (non-hydrogen) atoms. The maximum absolute atomic E-state index is 13.9. The molecule has 0 spiro atoms. The molecule has 114 valence electrons. The van der Waals surface area contributed by atoms with Gasteiger partial charge in [-0.25, -0.2) is 12.8 Å². The van der Waals surface area contributed by atoms with Gasteiger partial charge in [0, 0.05) is 21.3 Å². The molecule has 0 fully saturated rings. The van der Waals surface area contributed by atoms with Crippen LogP contribution in [-0.2, 0) is 10.0 Å². The fourth-order valence-electron chi connectivity index (χ4n) is 1.90. The Morgan fingerprint density at radius 3 is 2.48 bits per heavy atom. The number of hydrogen-bond donors (Lipinski definition) is 0. The van der Waals surface area contributed by atoms with Gasteiger partial charge in [-0.2, -0.15) is 4.31 Å². The number of nitrogens with zero attached hydrogens (tertiary/aromatic N) is 1. The lowest BCUT2D eigenvalue weighted by atomic mass is 10.3. The molecule has 1 heterocycles. The number of thiophene rings is 1. The summed E-state index contributed by atoms with van der Waals surface area (Å²) < 4.78 is 40.8. The van der Waals surface area contributed by atoms with Crippen molar-refractivity contribution in [1.82, 2.24) is 4.31 Å². The van der Waals surface area contributed by atoms with Gasteiger partial charge in [-0.05, 0) is 44.2 Å². The summed E-state index contributed by atoms with van der Waals surface area (Å²) in [6.45, 7) is 3.75. The van der Waals surface area contributed by atoms with Crippen LogP contribution in [0.15, 0.2) is 39.7 Å². The van der Waals surface area contributed by atoms with E-state index in [1.165, 1.54) is 34.8 Å². The zero-order valence-electron chi connectivity index (χ0n) is 11.8. The first-order chi connectivity index (χ1) is 9.73. The highest BCUT2D eigenvalue weighted by Crippen LogP contribution is 2.31. The lowest BCUT2D eigenvalue weighted by molar-refractivity contribution is 0.399. The van der Waals surface area contributed by atoms with E-state index < -0.39 is 15.8 Å². The van der Waals surface area contributed by atoms with Crippen molar-refractivity contribution in [3.63, 3.8) is 0 Å². The molecule has 2 rings (SSSR count). The first-order valence-electron chi connectivity index (χ1n) is 6.23. The number of rotatable bonds is 4. The molecular weight excluding hydrogens is 377 g/mol. The van der Waals surface area contributed by atoms with Crippen LogP contribution in [0, 0.1) is 12.7 Å². The molecular formula is C14H15BrFNO2S2. The molecule has 0 saturated carbocycles. The van der Waals surface area contributed by atoms with Gasteiger partial charge < -0.3 is 0 Å². The maximum Gasteiger partial charge on any atom is 0.246 e. The van der Waals surface area contributed by atoms with E-state index in [0.29, 0.717) is 4.47 Å². The highest BCUT2D eigenvalue weighted by molar-refractivity contribution is 9.10. The van der Waals surface area contributed by atoms with Gasteiger partial charge in [0.05, 0.1) is 6.04 Å². The van der Waals surface area contributed by atoms with Crippen LogP contribution in [-0.4, -0.2) is 19.8 Å². The van der Waals surface area contributed by atoms with Gasteiger partial charge >= 0.3 is 0 Å². The molecule has 3 nitrogen and oxygen atoms in total. The zero-order valence-corrected chi connectivity index (χ0v) is 15.0. The lowest BCUT2D eigenvalue weighted by Crippen LogP contribution is -2.30. The smallest absolute Gasteiger partial charge is 0.207 e. The van der Waals surface area contributed by atoms with Crippen molar-refractivity contribution in [1.29, 1.82) is 0 Å². The zero-order chi connectivity index (χ0) is 15.8. The molecule has 0 aliphatic heterocycles. The number of benzene rings is 1. The molecule has 1 aromatic heterocycles. The molecule has 7 heteroatoms. The van der Waals surface area contributed by atoms with Gasteiger partial charge in [-0.3, -0.25) is 0 Å². The average Bonchev–Trinajstić information content (AvgIpc) is 2.83. The third-order valence-corrected chi connectivity index (χ3v) is 6.89. The summed E-state index contributed by atoms with van der Waals surface area (Å²) in [5.74, 6) is -0.759. The second-order valence-corrected chi connectivity index (χ2v) is 8.92. The van der Waals surface area contributed by atoms with Crippen LogP contribution in [0.2, 0.25) is 0 Å². The Labute approximate surface area is 136 Å². The van der Waals surface area contributed by atoms with Crippen molar-refractivity contribution in [2.45, 2.75) is 24.8 Å². The highest BCUT2D eigenvalue weighted by Gasteiger charge is 2.29. The van der Waals surface area contributed by atoms with Crippen LogP contribution in [0.5, 0.6) is 0 Å². The standard InChI is InChI=1S/C14H15BrFNO2S2/c1-9-4-6-13(20-9)10(2)17(3)21(18,19)14-7-5-11(15)8-12(14)16/h4-8,10H,1-3H3. The lowest BCUT2D eigenvalue weighted by Gasteiger charge is -2.23. The summed E-state index contributed by atoms with van der Waals surface area (Å²) in [6, 6.07) is 7.44. The molecule has 0 N–H and O–H groups in total. The Bertz CT molecular complexity index is 758. The molecule has 1 aromatic carbocycles. The van der Waals surface area contributed by atoms with Crippen LogP contribution in [0.1, 0.15) is 22.7 Å². The Hall–Kier alpha value is -0.760. The summed E-state index contributed by atoms with van der Waals surface area (Å²) in [7, 11) is -2.41. The van der Waals surface area contributed by atoms with Gasteiger partial charge in [0.15, 0.2) is 0 Å². The molecule has 0 aliphatic rings. The third-order valence-electron chi connectivity index (χ3n) is 3.27. The molecule has 0 aliphatic carbocycles. The Balaban J connectivity index is 2.38. The molecule has 0 bridgehead atoms. The minimum atomic E-state index is -3.88. The first-order valence-corrected chi connectivity index (χ1v) is 9.28. The Morgan fingerprint density at radius 2 is 1.95 bits per heavy atom. The van der Waals surface area contributed by atoms with E-state index in [-0.39, 0.29) is 10.9 Å². The molecule has 0 saturated heterocycles. The molecule has 0 amide bonds. The SMILES string of the molecule is Cc1ccc(C(C)N(C)S(=O)(=O)c2ccc(Br)cc2F)s1. The van der Waals surface area contributed by atoms with E-state index in [1.54, 1.807) is 6.92 Å². The van der Waals surface area contributed by atoms with E-state index >= 15 is 0 Å². The molecule has 2 aromatic rings. The van der Waals surface area contributed by atoms with Crippen LogP contribution in [0.3, 0.4) is 0 Å². The Morgan fingerprint density at radius 1 is 1.29 bits per heavy atom. The number of halogens is 2. The fraction of sp³-hybridized carbons (Fsp3) is 0.286. The van der Waals surface area contributed by atoms with Crippen molar-refractivity contribution < 1.29 is 12.8 Å². The van der Waals surface area contributed by atoms with Gasteiger partial charge in [0.1, 0.15) is 10.7 Å². The summed E-state index contributed by atoms with van der Waals surface area (Å²) in [5, 5.41) is 0. The van der Waals surface area contributed by atoms with Crippen LogP contribution < -0.4 is 0 Å². The van der Waals surface area contributed by atoms with Gasteiger partial charge in [-0.15, -0.1) is 11.3 Å². The predicted molar refractivity (Wildman–Crippen MR) is 86.5 cm³/mol. The second kappa shape index (κ2) is 6.16. The first kappa shape index (κ1) is 16.6. The van der Waals surface area contributed by atoms with Crippen molar-refractivity contribution in [3.05, 3.63) is 50.4 Å². The van der Waals surface area contributed by atoms with Crippen LogP contribution >= 0.6 is 27.3 Å². The fourth-order valence-corrected chi connectivity index (χ4v) is 4.66. The minimum Gasteiger partial charge on any atom is -0.207 e. The van der Waals surface area contributed by atoms with E-state index in [1.807, 2.05) is 19.1 Å². The average molecular weight is 392 g/mol. The summed E-state index contributed by atoms with van der Waals surface area (Å²) in [4.78, 5) is 1.72. The molecule has 1 unspecified atom stereocenters. The topological polar surface area (TPSA) is 37.4 Å². The van der Waals surface area contributed by atoms with E-state index in [0.717, 1.165) is 15.8 Å². The monoisotopic (exact) mass is 391 g/mol. The molecule has 1 atom stereocenters. The summed E-state index contributed by atoms with van der Waals surface area (Å²) in [6.07, 6.45) is 0. The highest BCUT2D eigenvalue weighted by atomic mass is 79.9. The predicted octanol–water partition coefficient (Wildman–Crippen LogP) is 4.34. The Kier molecular flexibility index (Phi) is 4.87. The second-order valence-electron chi connectivity index (χ2n) is 4.72. The van der Waals surface area contributed by atoms with Crippen molar-refractivity contribution >= 4 is 37.3 Å². The number of sulfonamides is 1. The third kappa shape index (κ3) is 3.36. The van der Waals surface area contributed by atoms with Gasteiger partial charge in [0.25, 0.3) is 0 Å². The van der Waals surface area contributed by atoms with E-state index in [4.69, 9.17) is 0 Å². The summed E-state index contributed by atoms with van der Waals surface area (Å²) >= 11 is 4.66. The van der Waals surface area contributed by atoms with Crippen molar-refractivity contribution in [2.75, 3.05) is 7.05 Å². The van der Waals surface area contributed by atoms with E-state index in [2.05, 4.69) is 15.9 Å².